The third-order valence-corrected chi connectivity index (χ3v) is 9.29. The first kappa shape index (κ1) is 29.6. The molecule has 0 radical (unpaired) electrons. The fourth-order valence-corrected chi connectivity index (χ4v) is 6.20. The lowest BCUT2D eigenvalue weighted by Gasteiger charge is -2.24. The van der Waals surface area contributed by atoms with Gasteiger partial charge >= 0.3 is 5.97 Å². The molecule has 0 aliphatic heterocycles. The predicted molar refractivity (Wildman–Crippen MR) is 159 cm³/mol. The lowest BCUT2D eigenvalue weighted by Crippen LogP contribution is -2.45. The molecule has 1 heterocycles. The van der Waals surface area contributed by atoms with Crippen molar-refractivity contribution in [2.45, 2.75) is 50.3 Å². The monoisotopic (exact) mass is 578 g/mol. The molecule has 0 fully saturated rings. The van der Waals surface area contributed by atoms with Crippen LogP contribution in [0.3, 0.4) is 0 Å². The normalized spacial score (nSPS) is 12.6. The van der Waals surface area contributed by atoms with Crippen molar-refractivity contribution in [1.29, 1.82) is 0 Å². The molecule has 1 aromatic heterocycles. The summed E-state index contributed by atoms with van der Waals surface area (Å²) in [7, 11) is -2.81. The average molecular weight is 579 g/mol. The van der Waals surface area contributed by atoms with E-state index in [2.05, 4.69) is 17.7 Å². The van der Waals surface area contributed by atoms with E-state index in [0.717, 1.165) is 55.7 Å². The van der Waals surface area contributed by atoms with Crippen molar-refractivity contribution in [3.63, 3.8) is 0 Å². The van der Waals surface area contributed by atoms with Crippen molar-refractivity contribution in [1.82, 2.24) is 8.87 Å². The van der Waals surface area contributed by atoms with Gasteiger partial charge in [0.1, 0.15) is 6.04 Å². The Bertz CT molecular complexity index is 1620. The fourth-order valence-electron chi connectivity index (χ4n) is 4.57. The molecular weight excluding hydrogens is 544 g/mol. The Kier molecular flexibility index (Phi) is 9.86. The highest BCUT2D eigenvalue weighted by molar-refractivity contribution is 7.89. The van der Waals surface area contributed by atoms with Gasteiger partial charge in [0.05, 0.1) is 22.6 Å². The number of unbranched alkanes of at least 4 members (excludes halogenated alkanes) is 1. The molecule has 0 aliphatic carbocycles. The molecule has 0 spiro atoms. The fraction of sp³-hybridized carbons (Fsp3) is 0.290. The van der Waals surface area contributed by atoms with Gasteiger partial charge in [0, 0.05) is 30.7 Å². The van der Waals surface area contributed by atoms with Crippen LogP contribution in [-0.2, 0) is 39.1 Å². The highest BCUT2D eigenvalue weighted by atomic mass is 32.2. The highest BCUT2D eigenvalue weighted by Crippen LogP contribution is 2.23. The quantitative estimate of drug-likeness (QED) is 0.194. The molecule has 0 saturated carbocycles. The van der Waals surface area contributed by atoms with E-state index in [9.17, 15) is 18.3 Å². The van der Waals surface area contributed by atoms with E-state index in [4.69, 9.17) is 17.0 Å². The van der Waals surface area contributed by atoms with Gasteiger partial charge in [0.25, 0.3) is 0 Å². The van der Waals surface area contributed by atoms with Crippen molar-refractivity contribution in [2.75, 3.05) is 13.7 Å². The van der Waals surface area contributed by atoms with E-state index in [0.29, 0.717) is 6.54 Å². The van der Waals surface area contributed by atoms with E-state index in [1.165, 1.54) is 19.2 Å². The summed E-state index contributed by atoms with van der Waals surface area (Å²) in [6.07, 6.45) is 5.14. The zero-order valence-corrected chi connectivity index (χ0v) is 24.3. The molecule has 1 atom stereocenters. The first-order chi connectivity index (χ1) is 19.2. The maximum Gasteiger partial charge on any atom is 0.324 e. The highest BCUT2D eigenvalue weighted by Gasteiger charge is 2.33. The van der Waals surface area contributed by atoms with Crippen molar-refractivity contribution in [3.05, 3.63) is 106 Å². The first-order valence-electron chi connectivity index (χ1n) is 13.2. The molecule has 0 saturated heterocycles. The molecule has 3 aromatic carbocycles. The molecule has 40 heavy (non-hydrogen) atoms. The van der Waals surface area contributed by atoms with Crippen LogP contribution >= 0.6 is 12.2 Å². The number of pyridine rings is 1. The lowest BCUT2D eigenvalue weighted by atomic mass is 10.1. The van der Waals surface area contributed by atoms with Gasteiger partial charge in [0.2, 0.25) is 10.0 Å². The Morgan fingerprint density at radius 2 is 1.68 bits per heavy atom. The van der Waals surface area contributed by atoms with Gasteiger partial charge in [-0.3, -0.25) is 4.79 Å². The summed E-state index contributed by atoms with van der Waals surface area (Å²) in [6, 6.07) is 22.5. The van der Waals surface area contributed by atoms with Crippen LogP contribution in [0.4, 0.5) is 0 Å². The number of aryl methyl sites for hydroxylation is 1. The van der Waals surface area contributed by atoms with Gasteiger partial charge in [-0.2, -0.15) is 4.31 Å². The standard InChI is InChI=1S/C31H34N2O5S2/c1-3-4-12-25-20-33(28-14-9-8-13-27(28)30(25)39)19-23-15-17-26(18-16-23)40(36,37)32(2)29(31(34)35)22-38-21-24-10-6-5-7-11-24/h5-11,13-18,20,29H,3-4,12,19,21-22H2,1-2H3,(H,34,35). The van der Waals surface area contributed by atoms with Crippen LogP contribution in [0.2, 0.25) is 0 Å². The van der Waals surface area contributed by atoms with Crippen LogP contribution in [-0.4, -0.2) is 48.1 Å². The smallest absolute Gasteiger partial charge is 0.324 e. The third-order valence-electron chi connectivity index (χ3n) is 6.93. The number of aromatic nitrogens is 1. The summed E-state index contributed by atoms with van der Waals surface area (Å²) in [5.74, 6) is -1.27. The Morgan fingerprint density at radius 1 is 1.00 bits per heavy atom. The third kappa shape index (κ3) is 6.85. The topological polar surface area (TPSA) is 88.8 Å². The summed E-state index contributed by atoms with van der Waals surface area (Å²) in [5, 5.41) is 10.8. The number of fused-ring (bicyclic) bond motifs is 1. The van der Waals surface area contributed by atoms with E-state index >= 15 is 0 Å². The number of sulfonamides is 1. The van der Waals surface area contributed by atoms with Gasteiger partial charge in [-0.15, -0.1) is 0 Å². The lowest BCUT2D eigenvalue weighted by molar-refractivity contribution is -0.143. The van der Waals surface area contributed by atoms with Gasteiger partial charge < -0.3 is 14.4 Å². The zero-order valence-electron chi connectivity index (χ0n) is 22.7. The van der Waals surface area contributed by atoms with Crippen LogP contribution in [0.5, 0.6) is 0 Å². The van der Waals surface area contributed by atoms with Crippen LogP contribution in [0.1, 0.15) is 36.5 Å². The number of carboxylic acid groups (broad SMARTS) is 1. The molecule has 9 heteroatoms. The summed E-state index contributed by atoms with van der Waals surface area (Å²) >= 11 is 5.77. The summed E-state index contributed by atoms with van der Waals surface area (Å²) in [6.45, 7) is 2.60. The molecule has 0 aliphatic rings. The Balaban J connectivity index is 1.52. The molecule has 0 bridgehead atoms. The molecule has 4 rings (SSSR count). The molecule has 4 aromatic rings. The number of carboxylic acids is 1. The van der Waals surface area contributed by atoms with Crippen LogP contribution < -0.4 is 0 Å². The molecule has 7 nitrogen and oxygen atoms in total. The SMILES string of the molecule is CCCCc1cn(Cc2ccc(S(=O)(=O)N(C)C(COCc3ccccc3)C(=O)O)cc2)c2ccccc2c1=S. The number of nitrogens with zero attached hydrogens (tertiary/aromatic N) is 2. The molecule has 1 N–H and O–H groups in total. The number of benzene rings is 3. The van der Waals surface area contributed by atoms with E-state index in [-0.39, 0.29) is 18.1 Å². The number of hydrogen-bond acceptors (Lipinski definition) is 5. The summed E-state index contributed by atoms with van der Waals surface area (Å²) in [5.41, 5.74) is 3.93. The molecule has 1 unspecified atom stereocenters. The summed E-state index contributed by atoms with van der Waals surface area (Å²) in [4.78, 5) is 12.0. The van der Waals surface area contributed by atoms with Gasteiger partial charge in [-0.1, -0.05) is 86.2 Å². The van der Waals surface area contributed by atoms with Crippen molar-refractivity contribution in [2.24, 2.45) is 0 Å². The molecule has 0 amide bonds. The van der Waals surface area contributed by atoms with Crippen LogP contribution in [0.25, 0.3) is 10.9 Å². The maximum absolute atomic E-state index is 13.3. The number of carbonyl (C=O) groups is 1. The van der Waals surface area contributed by atoms with Crippen molar-refractivity contribution in [3.8, 4) is 0 Å². The van der Waals surface area contributed by atoms with Crippen molar-refractivity contribution < 1.29 is 23.1 Å². The minimum atomic E-state index is -4.07. The number of ether oxygens (including phenoxy) is 1. The maximum atomic E-state index is 13.3. The second-order valence-corrected chi connectivity index (χ2v) is 12.2. The van der Waals surface area contributed by atoms with Crippen LogP contribution in [0.15, 0.2) is 90.0 Å². The predicted octanol–water partition coefficient (Wildman–Crippen LogP) is 6.05. The number of para-hydroxylation sites is 1. The van der Waals surface area contributed by atoms with Crippen LogP contribution in [0, 0.1) is 4.51 Å². The summed E-state index contributed by atoms with van der Waals surface area (Å²) < 4.78 is 36.1. The number of rotatable bonds is 13. The minimum Gasteiger partial charge on any atom is -0.480 e. The van der Waals surface area contributed by atoms with E-state index in [1.807, 2.05) is 54.6 Å². The largest absolute Gasteiger partial charge is 0.480 e. The average Bonchev–Trinajstić information content (AvgIpc) is 2.96. The Hall–Kier alpha value is -3.37. The molecular formula is C31H34N2O5S2. The number of likely N-dealkylation sites (N-methyl/N-ethyl adjacent to an activating group) is 1. The Morgan fingerprint density at radius 3 is 2.35 bits per heavy atom. The zero-order chi connectivity index (χ0) is 28.7. The van der Waals surface area contributed by atoms with Gasteiger partial charge in [-0.25, -0.2) is 8.42 Å². The molecule has 210 valence electrons. The second kappa shape index (κ2) is 13.3. The minimum absolute atomic E-state index is 0.0208. The van der Waals surface area contributed by atoms with E-state index in [1.54, 1.807) is 12.1 Å². The number of aliphatic carboxylic acids is 1. The first-order valence-corrected chi connectivity index (χ1v) is 15.1. The second-order valence-electron chi connectivity index (χ2n) is 9.75. The Labute approximate surface area is 240 Å². The van der Waals surface area contributed by atoms with E-state index < -0.39 is 22.0 Å². The van der Waals surface area contributed by atoms with Crippen molar-refractivity contribution >= 4 is 39.1 Å². The number of hydrogen-bond donors (Lipinski definition) is 1. The van der Waals surface area contributed by atoms with Gasteiger partial charge in [-0.05, 0) is 47.7 Å². The van der Waals surface area contributed by atoms with Gasteiger partial charge in [0.15, 0.2) is 0 Å².